The Morgan fingerprint density at radius 2 is 1.97 bits per heavy atom. The van der Waals surface area contributed by atoms with Crippen molar-refractivity contribution in [3.8, 4) is 11.3 Å². The SMILES string of the molecule is C=CCOC(=O)c1ccc2c(C3CCCCC3)c3n(c2c1)CC(=O)Nc1ccccc1-3. The first-order valence-electron chi connectivity index (χ1n) is 11.0. The molecule has 0 spiro atoms. The van der Waals surface area contributed by atoms with Crippen LogP contribution in [0, 0.1) is 0 Å². The predicted octanol–water partition coefficient (Wildman–Crippen LogP) is 5.65. The molecule has 1 fully saturated rings. The van der Waals surface area contributed by atoms with E-state index in [0.29, 0.717) is 11.5 Å². The van der Waals surface area contributed by atoms with Crippen molar-refractivity contribution in [2.75, 3.05) is 11.9 Å². The second-order valence-electron chi connectivity index (χ2n) is 8.40. The summed E-state index contributed by atoms with van der Waals surface area (Å²) in [5, 5.41) is 4.18. The van der Waals surface area contributed by atoms with E-state index in [9.17, 15) is 9.59 Å². The molecule has 1 aromatic heterocycles. The zero-order valence-electron chi connectivity index (χ0n) is 17.5. The fraction of sp³-hybridized carbons (Fsp3) is 0.308. The van der Waals surface area contributed by atoms with Crippen molar-refractivity contribution in [1.29, 1.82) is 0 Å². The van der Waals surface area contributed by atoms with Crippen LogP contribution < -0.4 is 5.32 Å². The Balaban J connectivity index is 1.77. The molecule has 0 atom stereocenters. The van der Waals surface area contributed by atoms with Crippen molar-refractivity contribution in [2.45, 2.75) is 44.6 Å². The summed E-state index contributed by atoms with van der Waals surface area (Å²) in [6.45, 7) is 4.00. The van der Waals surface area contributed by atoms with Crippen molar-refractivity contribution >= 4 is 28.5 Å². The van der Waals surface area contributed by atoms with Crippen LogP contribution in [0.15, 0.2) is 55.1 Å². The molecule has 0 bridgehead atoms. The molecule has 5 heteroatoms. The number of aromatic nitrogens is 1. The number of carbonyl (C=O) groups excluding carboxylic acids is 2. The summed E-state index contributed by atoms with van der Waals surface area (Å²) in [6, 6.07) is 13.8. The first-order valence-corrected chi connectivity index (χ1v) is 11.0. The molecule has 2 aromatic carbocycles. The number of hydrogen-bond acceptors (Lipinski definition) is 3. The van der Waals surface area contributed by atoms with Gasteiger partial charge in [-0.25, -0.2) is 4.79 Å². The summed E-state index contributed by atoms with van der Waals surface area (Å²) in [5.41, 5.74) is 5.70. The zero-order chi connectivity index (χ0) is 21.4. The summed E-state index contributed by atoms with van der Waals surface area (Å²) >= 11 is 0. The average Bonchev–Trinajstić information content (AvgIpc) is 3.02. The third-order valence-electron chi connectivity index (χ3n) is 6.44. The lowest BCUT2D eigenvalue weighted by molar-refractivity contribution is -0.116. The molecule has 0 radical (unpaired) electrons. The van der Waals surface area contributed by atoms with Crippen molar-refractivity contribution in [1.82, 2.24) is 4.57 Å². The average molecular weight is 415 g/mol. The first-order chi connectivity index (χ1) is 15.2. The number of esters is 1. The molecule has 2 heterocycles. The van der Waals surface area contributed by atoms with Crippen LogP contribution in [0.25, 0.3) is 22.2 Å². The van der Waals surface area contributed by atoms with Crippen molar-refractivity contribution in [3.05, 3.63) is 66.2 Å². The number of para-hydroxylation sites is 1. The third-order valence-corrected chi connectivity index (χ3v) is 6.44. The molecular weight excluding hydrogens is 388 g/mol. The van der Waals surface area contributed by atoms with Gasteiger partial charge in [0.2, 0.25) is 5.91 Å². The molecule has 5 nitrogen and oxygen atoms in total. The van der Waals surface area contributed by atoms with Crippen LogP contribution in [-0.2, 0) is 16.1 Å². The smallest absolute Gasteiger partial charge is 0.338 e. The minimum atomic E-state index is -0.380. The lowest BCUT2D eigenvalue weighted by Crippen LogP contribution is -2.16. The van der Waals surface area contributed by atoms with E-state index in [1.54, 1.807) is 6.08 Å². The van der Waals surface area contributed by atoms with Crippen LogP contribution in [-0.4, -0.2) is 23.1 Å². The number of fused-ring (bicyclic) bond motifs is 5. The highest BCUT2D eigenvalue weighted by Gasteiger charge is 2.30. The Bertz CT molecular complexity index is 1180. The van der Waals surface area contributed by atoms with Gasteiger partial charge in [-0.1, -0.05) is 56.2 Å². The van der Waals surface area contributed by atoms with Crippen molar-refractivity contribution in [2.24, 2.45) is 0 Å². The van der Waals surface area contributed by atoms with Crippen LogP contribution in [0.1, 0.15) is 53.9 Å². The number of rotatable bonds is 4. The molecule has 0 unspecified atom stereocenters. The van der Waals surface area contributed by atoms with E-state index >= 15 is 0 Å². The number of ether oxygens (including phenoxy) is 1. The number of benzene rings is 2. The summed E-state index contributed by atoms with van der Waals surface area (Å²) in [7, 11) is 0. The van der Waals surface area contributed by atoms with Crippen molar-refractivity contribution < 1.29 is 14.3 Å². The van der Waals surface area contributed by atoms with Gasteiger partial charge in [0, 0.05) is 10.9 Å². The zero-order valence-corrected chi connectivity index (χ0v) is 17.5. The summed E-state index contributed by atoms with van der Waals surface area (Å²) in [5.74, 6) is 0.0142. The normalized spacial score (nSPS) is 16.2. The van der Waals surface area contributed by atoms with Crippen LogP contribution >= 0.6 is 0 Å². The second kappa shape index (κ2) is 8.06. The van der Waals surface area contributed by atoms with Gasteiger partial charge in [0.15, 0.2) is 0 Å². The lowest BCUT2D eigenvalue weighted by Gasteiger charge is -2.23. The van der Waals surface area contributed by atoms with E-state index in [-0.39, 0.29) is 25.0 Å². The molecular formula is C26H26N2O3. The molecule has 1 aliphatic heterocycles. The minimum absolute atomic E-state index is 0.0575. The highest BCUT2D eigenvalue weighted by Crippen LogP contribution is 2.46. The van der Waals surface area contributed by atoms with Crippen molar-refractivity contribution in [3.63, 3.8) is 0 Å². The Morgan fingerprint density at radius 1 is 1.16 bits per heavy atom. The fourth-order valence-electron chi connectivity index (χ4n) is 5.11. The maximum atomic E-state index is 12.8. The molecule has 2 aliphatic rings. The lowest BCUT2D eigenvalue weighted by atomic mass is 9.81. The van der Waals surface area contributed by atoms with Crippen LogP contribution in [0.3, 0.4) is 0 Å². The van der Waals surface area contributed by atoms with Gasteiger partial charge < -0.3 is 14.6 Å². The number of anilines is 1. The van der Waals surface area contributed by atoms with Gasteiger partial charge in [-0.15, -0.1) is 0 Å². The monoisotopic (exact) mass is 414 g/mol. The number of nitrogens with zero attached hydrogens (tertiary/aromatic N) is 1. The molecule has 5 rings (SSSR count). The second-order valence-corrected chi connectivity index (χ2v) is 8.40. The van der Waals surface area contributed by atoms with Gasteiger partial charge in [0.05, 0.1) is 22.5 Å². The van der Waals surface area contributed by atoms with Crippen LogP contribution in [0.5, 0.6) is 0 Å². The molecule has 1 amide bonds. The Hall–Kier alpha value is -3.34. The maximum Gasteiger partial charge on any atom is 0.338 e. The quantitative estimate of drug-likeness (QED) is 0.443. The minimum Gasteiger partial charge on any atom is -0.458 e. The third kappa shape index (κ3) is 3.44. The Labute approximate surface area is 181 Å². The highest BCUT2D eigenvalue weighted by atomic mass is 16.5. The van der Waals surface area contributed by atoms with E-state index in [4.69, 9.17) is 4.74 Å². The van der Waals surface area contributed by atoms with Gasteiger partial charge in [-0.05, 0) is 42.5 Å². The van der Waals surface area contributed by atoms with Gasteiger partial charge in [0.25, 0.3) is 0 Å². The number of hydrogen-bond donors (Lipinski definition) is 1. The van der Waals surface area contributed by atoms with Crippen LogP contribution in [0.2, 0.25) is 0 Å². The predicted molar refractivity (Wildman–Crippen MR) is 122 cm³/mol. The van der Waals surface area contributed by atoms with Gasteiger partial charge in [-0.2, -0.15) is 0 Å². The number of amides is 1. The van der Waals surface area contributed by atoms with Gasteiger partial charge in [-0.3, -0.25) is 4.79 Å². The molecule has 158 valence electrons. The summed E-state index contributed by atoms with van der Waals surface area (Å²) < 4.78 is 7.34. The molecule has 31 heavy (non-hydrogen) atoms. The molecule has 1 aliphatic carbocycles. The first kappa shape index (κ1) is 19.6. The largest absolute Gasteiger partial charge is 0.458 e. The molecule has 0 saturated heterocycles. The summed E-state index contributed by atoms with van der Waals surface area (Å²) in [4.78, 5) is 25.3. The standard InChI is InChI=1S/C26H26N2O3/c1-2-14-31-26(30)18-12-13-20-22(15-18)28-16-23(29)27-21-11-7-6-10-19(21)25(28)24(20)17-8-4-3-5-9-17/h2,6-7,10-13,15,17H,1,3-5,8-9,14,16H2,(H,27,29). The Morgan fingerprint density at radius 3 is 2.77 bits per heavy atom. The topological polar surface area (TPSA) is 60.3 Å². The summed E-state index contributed by atoms with van der Waals surface area (Å²) in [6.07, 6.45) is 7.59. The van der Waals surface area contributed by atoms with Crippen LogP contribution in [0.4, 0.5) is 5.69 Å². The van der Waals surface area contributed by atoms with E-state index in [1.807, 2.05) is 36.4 Å². The maximum absolute atomic E-state index is 12.8. The van der Waals surface area contributed by atoms with Gasteiger partial charge in [0.1, 0.15) is 13.2 Å². The molecule has 3 aromatic rings. The Kier molecular flexibility index (Phi) is 5.10. The molecule has 1 saturated carbocycles. The number of nitrogens with one attached hydrogen (secondary N) is 1. The molecule has 1 N–H and O–H groups in total. The highest BCUT2D eigenvalue weighted by molar-refractivity contribution is 6.04. The van der Waals surface area contributed by atoms with E-state index < -0.39 is 0 Å². The van der Waals surface area contributed by atoms with E-state index in [2.05, 4.69) is 22.5 Å². The number of carbonyl (C=O) groups is 2. The fourth-order valence-corrected chi connectivity index (χ4v) is 5.11. The van der Waals surface area contributed by atoms with E-state index in [1.165, 1.54) is 24.8 Å². The van der Waals surface area contributed by atoms with Gasteiger partial charge >= 0.3 is 5.97 Å². The van der Waals surface area contributed by atoms with E-state index in [0.717, 1.165) is 40.7 Å².